The molecule has 12 heteroatoms. The van der Waals surface area contributed by atoms with Crippen LogP contribution in [0.1, 0.15) is 70.9 Å². The van der Waals surface area contributed by atoms with E-state index in [0.717, 1.165) is 37.1 Å². The summed E-state index contributed by atoms with van der Waals surface area (Å²) in [5.74, 6) is 0. The van der Waals surface area contributed by atoms with E-state index in [9.17, 15) is 28.1 Å². The molecule has 2 heterocycles. The predicted molar refractivity (Wildman–Crippen MR) is 144 cm³/mol. The van der Waals surface area contributed by atoms with E-state index in [4.69, 9.17) is 11.5 Å². The maximum absolute atomic E-state index is 12.0. The first-order chi connectivity index (χ1) is 18.1. The lowest BCUT2D eigenvalue weighted by Crippen LogP contribution is -2.29. The Hall–Kier alpha value is -3.41. The Balaban J connectivity index is 0.000000291. The quantitative estimate of drug-likeness (QED) is 0.301. The average Bonchev–Trinajstić information content (AvgIpc) is 2.91. The number of primary amides is 1. The van der Waals surface area contributed by atoms with Crippen molar-refractivity contribution in [2.75, 3.05) is 23.3 Å². The highest BCUT2D eigenvalue weighted by atomic mass is 19.4. The lowest BCUT2D eigenvalue weighted by atomic mass is 9.97. The Morgan fingerprint density at radius 2 is 1.55 bits per heavy atom. The van der Waals surface area contributed by atoms with Crippen LogP contribution in [0.4, 0.5) is 35.0 Å². The number of halogens is 3. The minimum atomic E-state index is -4.48. The van der Waals surface area contributed by atoms with Crippen molar-refractivity contribution in [2.45, 2.75) is 77.4 Å². The normalized spacial score (nSPS) is 15.4. The number of carbonyl (C=O) groups is 1. The lowest BCUT2D eigenvalue weighted by molar-refractivity contribution is -0.384. The molecule has 1 saturated heterocycles. The number of piperidine rings is 1. The third-order valence-corrected chi connectivity index (χ3v) is 5.75. The number of hydrogen-bond donors (Lipinski definition) is 3. The summed E-state index contributed by atoms with van der Waals surface area (Å²) in [5, 5.41) is 12.6. The van der Waals surface area contributed by atoms with Gasteiger partial charge in [-0.1, -0.05) is 33.1 Å². The van der Waals surface area contributed by atoms with Crippen molar-refractivity contribution in [3.8, 4) is 0 Å². The molecule has 2 fully saturated rings. The Bertz CT molecular complexity index is 944. The number of benzene rings is 1. The van der Waals surface area contributed by atoms with Crippen LogP contribution in [0.25, 0.3) is 0 Å². The number of aromatic nitrogens is 1. The third-order valence-electron chi connectivity index (χ3n) is 5.75. The zero-order chi connectivity index (χ0) is 28.6. The first kappa shape index (κ1) is 32.6. The fourth-order valence-corrected chi connectivity index (χ4v) is 3.85. The van der Waals surface area contributed by atoms with Crippen molar-refractivity contribution in [1.29, 1.82) is 0 Å². The SMILES string of the molecule is CC.NC(=O)Nc1ccc(C(F)(F)F)nc1.NC1CCCCC1.O=[N+]([O-])c1ccc(N2CCCCC2)cc1. The molecule has 1 aliphatic carbocycles. The van der Waals surface area contributed by atoms with Gasteiger partial charge in [-0.15, -0.1) is 0 Å². The van der Waals surface area contributed by atoms with Gasteiger partial charge in [-0.05, 0) is 56.4 Å². The largest absolute Gasteiger partial charge is 0.433 e. The first-order valence-corrected chi connectivity index (χ1v) is 12.9. The highest BCUT2D eigenvalue weighted by Gasteiger charge is 2.32. The number of rotatable bonds is 3. The summed E-state index contributed by atoms with van der Waals surface area (Å²) >= 11 is 0. The molecule has 0 radical (unpaired) electrons. The molecule has 1 aliphatic heterocycles. The van der Waals surface area contributed by atoms with Gasteiger partial charge < -0.3 is 21.7 Å². The summed E-state index contributed by atoms with van der Waals surface area (Å²) in [6.45, 7) is 6.13. The van der Waals surface area contributed by atoms with Crippen LogP contribution in [-0.2, 0) is 6.18 Å². The van der Waals surface area contributed by atoms with Gasteiger partial charge in [0.05, 0.1) is 16.8 Å². The number of nitrogens with two attached hydrogens (primary N) is 2. The summed E-state index contributed by atoms with van der Waals surface area (Å²) in [4.78, 5) is 25.8. The topological polar surface area (TPSA) is 140 Å². The van der Waals surface area contributed by atoms with Gasteiger partial charge in [0.1, 0.15) is 5.69 Å². The fourth-order valence-electron chi connectivity index (χ4n) is 3.85. The number of pyridine rings is 1. The fraction of sp³-hybridized carbons (Fsp3) is 0.538. The lowest BCUT2D eigenvalue weighted by Gasteiger charge is -2.28. The van der Waals surface area contributed by atoms with Crippen LogP contribution in [0.5, 0.6) is 0 Å². The number of nitrogens with one attached hydrogen (secondary N) is 1. The van der Waals surface area contributed by atoms with E-state index in [1.165, 1.54) is 51.4 Å². The van der Waals surface area contributed by atoms with Gasteiger partial charge in [0.2, 0.25) is 0 Å². The molecule has 0 spiro atoms. The second-order valence-corrected chi connectivity index (χ2v) is 8.64. The molecule has 38 heavy (non-hydrogen) atoms. The van der Waals surface area contributed by atoms with E-state index in [1.54, 1.807) is 12.1 Å². The summed E-state index contributed by atoms with van der Waals surface area (Å²) in [7, 11) is 0. The molecule has 0 bridgehead atoms. The zero-order valence-corrected chi connectivity index (χ0v) is 22.0. The number of hydrogen-bond acceptors (Lipinski definition) is 6. The molecule has 0 atom stereocenters. The molecule has 9 nitrogen and oxygen atoms in total. The molecule has 212 valence electrons. The van der Waals surface area contributed by atoms with E-state index in [-0.39, 0.29) is 16.3 Å². The molecule has 1 saturated carbocycles. The summed E-state index contributed by atoms with van der Waals surface area (Å²) in [6.07, 6.45) is 6.80. The molecule has 1 aromatic heterocycles. The van der Waals surface area contributed by atoms with Crippen molar-refractivity contribution in [3.63, 3.8) is 0 Å². The van der Waals surface area contributed by atoms with E-state index in [1.807, 2.05) is 26.0 Å². The summed E-state index contributed by atoms with van der Waals surface area (Å²) in [5.41, 5.74) is 10.7. The molecule has 2 aliphatic rings. The van der Waals surface area contributed by atoms with Crippen LogP contribution in [-0.4, -0.2) is 35.1 Å². The standard InChI is InChI=1S/C11H14N2O2.C7H6F3N3O.C6H13N.C2H6/c14-13(15)11-6-4-10(5-7-11)12-8-2-1-3-9-12;8-7(9,10)5-2-1-4(3-12-5)13-6(11)14;7-6-4-2-1-3-5-6;1-2/h4-7H,1-3,8-9H2;1-3H,(H3,11,13,14);6H,1-5,7H2;1-2H3. The van der Waals surface area contributed by atoms with Crippen LogP contribution in [0.15, 0.2) is 42.6 Å². The minimum absolute atomic E-state index is 0.116. The molecular weight excluding hydrogens is 501 g/mol. The molecule has 2 amide bonds. The number of non-ortho nitro benzene ring substituents is 1. The van der Waals surface area contributed by atoms with Crippen molar-refractivity contribution in [3.05, 3.63) is 58.4 Å². The maximum atomic E-state index is 12.0. The molecule has 1 aromatic carbocycles. The van der Waals surface area contributed by atoms with Gasteiger partial charge >= 0.3 is 12.2 Å². The van der Waals surface area contributed by atoms with Gasteiger partial charge in [-0.25, -0.2) is 9.78 Å². The molecule has 0 unspecified atom stereocenters. The number of nitro benzene ring substituents is 1. The van der Waals surface area contributed by atoms with Crippen LogP contribution in [0.2, 0.25) is 0 Å². The van der Waals surface area contributed by atoms with Crippen LogP contribution < -0.4 is 21.7 Å². The Kier molecular flexibility index (Phi) is 14.7. The molecule has 5 N–H and O–H groups in total. The smallest absolute Gasteiger partial charge is 0.372 e. The second kappa shape index (κ2) is 17.2. The van der Waals surface area contributed by atoms with E-state index in [0.29, 0.717) is 6.04 Å². The average molecular weight is 541 g/mol. The number of anilines is 2. The van der Waals surface area contributed by atoms with Crippen LogP contribution in [0.3, 0.4) is 0 Å². The van der Waals surface area contributed by atoms with Crippen LogP contribution >= 0.6 is 0 Å². The number of alkyl halides is 3. The number of carbonyl (C=O) groups excluding carboxylic acids is 1. The van der Waals surface area contributed by atoms with Crippen LogP contribution in [0, 0.1) is 10.1 Å². The maximum Gasteiger partial charge on any atom is 0.433 e. The summed E-state index contributed by atoms with van der Waals surface area (Å²) in [6, 6.07) is 8.33. The van der Waals surface area contributed by atoms with E-state index < -0.39 is 17.9 Å². The highest BCUT2D eigenvalue weighted by Crippen LogP contribution is 2.27. The van der Waals surface area contributed by atoms with Gasteiger partial charge in [-0.2, -0.15) is 13.2 Å². The van der Waals surface area contributed by atoms with Gasteiger partial charge in [0, 0.05) is 37.0 Å². The minimum Gasteiger partial charge on any atom is -0.372 e. The van der Waals surface area contributed by atoms with Crippen molar-refractivity contribution < 1.29 is 22.9 Å². The number of amides is 2. The Morgan fingerprint density at radius 1 is 1.00 bits per heavy atom. The number of nitrogens with zero attached hydrogens (tertiary/aromatic N) is 3. The van der Waals surface area contributed by atoms with Crippen molar-refractivity contribution >= 4 is 23.1 Å². The molecule has 4 rings (SSSR count). The van der Waals surface area contributed by atoms with E-state index in [2.05, 4.69) is 15.2 Å². The van der Waals surface area contributed by atoms with Gasteiger partial charge in [-0.3, -0.25) is 10.1 Å². The predicted octanol–water partition coefficient (Wildman–Crippen LogP) is 6.48. The highest BCUT2D eigenvalue weighted by molar-refractivity contribution is 5.87. The monoisotopic (exact) mass is 540 g/mol. The number of urea groups is 1. The van der Waals surface area contributed by atoms with E-state index >= 15 is 0 Å². The third kappa shape index (κ3) is 12.7. The first-order valence-electron chi connectivity index (χ1n) is 12.9. The Morgan fingerprint density at radius 3 is 1.95 bits per heavy atom. The Labute approximate surface area is 221 Å². The van der Waals surface area contributed by atoms with Crippen molar-refractivity contribution in [1.82, 2.24) is 4.98 Å². The molecular formula is C26H39F3N6O3. The van der Waals surface area contributed by atoms with Gasteiger partial charge in [0.25, 0.3) is 5.69 Å². The molecule has 2 aromatic rings. The zero-order valence-electron chi connectivity index (χ0n) is 22.0. The van der Waals surface area contributed by atoms with Crippen molar-refractivity contribution in [2.24, 2.45) is 11.5 Å². The number of nitro groups is 1. The van der Waals surface area contributed by atoms with Gasteiger partial charge in [0.15, 0.2) is 0 Å². The second-order valence-electron chi connectivity index (χ2n) is 8.64. The summed E-state index contributed by atoms with van der Waals surface area (Å²) < 4.78 is 36.0.